The second kappa shape index (κ2) is 25.0. The zero-order chi connectivity index (χ0) is 40.8. The van der Waals surface area contributed by atoms with E-state index in [1.807, 2.05) is 165 Å². The number of hydrogen-bond donors (Lipinski definition) is 4. The Bertz CT molecular complexity index is 1740. The number of nitrogens with zero attached hydrogens (tertiary/aromatic N) is 2. The number of nitrogens with two attached hydrogens (primary N) is 4. The SMILES string of the molecule is CN(C)c1ccc(N)cc1.CN(C)c1ccc(N)cc1.COP(=O)(OCc1ccccc1)OC(CCOSc1ccc(N)cc1)CCOSc1ccc(N)cc1. The van der Waals surface area contributed by atoms with Crippen LogP contribution in [0.2, 0.25) is 0 Å². The van der Waals surface area contributed by atoms with Gasteiger partial charge in [0.05, 0.1) is 25.9 Å². The average molecular weight is 823 g/mol. The highest BCUT2D eigenvalue weighted by Gasteiger charge is 2.30. The van der Waals surface area contributed by atoms with Crippen LogP contribution in [0.4, 0.5) is 34.1 Å². The molecule has 0 aliphatic carbocycles. The monoisotopic (exact) mass is 822 g/mol. The number of nitrogen functional groups attached to an aromatic ring is 4. The first-order chi connectivity index (χ1) is 26.9. The second-order valence-electron chi connectivity index (χ2n) is 12.6. The Hall–Kier alpha value is -4.37. The Morgan fingerprint density at radius 2 is 0.946 bits per heavy atom. The van der Waals surface area contributed by atoms with Crippen molar-refractivity contribution in [1.82, 2.24) is 0 Å². The van der Waals surface area contributed by atoms with Crippen molar-refractivity contribution in [2.24, 2.45) is 0 Å². The van der Waals surface area contributed by atoms with E-state index in [4.69, 9.17) is 44.9 Å². The molecule has 0 heterocycles. The van der Waals surface area contributed by atoms with E-state index in [-0.39, 0.29) is 6.61 Å². The second-order valence-corrected chi connectivity index (χ2v) is 16.1. The normalized spacial score (nSPS) is 11.8. The summed E-state index contributed by atoms with van der Waals surface area (Å²) in [4.78, 5) is 5.94. The fraction of sp³-hybridized carbons (Fsp3) is 0.268. The smallest absolute Gasteiger partial charge is 0.399 e. The lowest BCUT2D eigenvalue weighted by atomic mass is 10.2. The molecule has 12 nitrogen and oxygen atoms in total. The molecule has 1 unspecified atom stereocenters. The predicted octanol–water partition coefficient (Wildman–Crippen LogP) is 9.40. The van der Waals surface area contributed by atoms with Crippen molar-refractivity contribution >= 4 is 66.0 Å². The molecule has 5 aromatic carbocycles. The van der Waals surface area contributed by atoms with E-state index in [0.717, 1.165) is 26.7 Å². The molecular formula is C41H55N6O6PS2. The Morgan fingerprint density at radius 3 is 1.30 bits per heavy atom. The number of anilines is 6. The van der Waals surface area contributed by atoms with Crippen LogP contribution in [0, 0.1) is 0 Å². The Morgan fingerprint density at radius 1 is 0.571 bits per heavy atom. The fourth-order valence-corrected chi connectivity index (χ4v) is 6.72. The molecular weight excluding hydrogens is 768 g/mol. The zero-order valence-corrected chi connectivity index (χ0v) is 35.2. The summed E-state index contributed by atoms with van der Waals surface area (Å²) in [5, 5.41) is 0. The Balaban J connectivity index is 0.000000339. The molecule has 0 aliphatic rings. The quantitative estimate of drug-likeness (QED) is 0.0285. The van der Waals surface area contributed by atoms with Crippen LogP contribution >= 0.6 is 31.9 Å². The minimum Gasteiger partial charge on any atom is -0.399 e. The van der Waals surface area contributed by atoms with Gasteiger partial charge in [0.25, 0.3) is 0 Å². The van der Waals surface area contributed by atoms with Gasteiger partial charge in [-0.3, -0.25) is 13.6 Å². The minimum absolute atomic E-state index is 0.103. The third-order valence-electron chi connectivity index (χ3n) is 7.67. The van der Waals surface area contributed by atoms with Crippen LogP contribution in [0.25, 0.3) is 0 Å². The standard InChI is InChI=1S/C25H31N2O6PS2.2C8H12N2/c1-29-34(28,30-19-20-5-3-2-4-6-20)33-23(15-17-31-35-24-11-7-21(26)8-12-24)16-18-32-36-25-13-9-22(27)10-14-25;2*1-10(2)8-5-3-7(9)4-6-8/h2-14,23H,15-19,26-27H2,1H3;2*3-6H,9H2,1-2H3. The molecule has 0 spiro atoms. The minimum atomic E-state index is -3.80. The lowest BCUT2D eigenvalue weighted by molar-refractivity contribution is 0.0666. The fourth-order valence-electron chi connectivity index (χ4n) is 4.46. The molecule has 0 bridgehead atoms. The van der Waals surface area contributed by atoms with Crippen LogP contribution < -0.4 is 32.7 Å². The van der Waals surface area contributed by atoms with E-state index in [1.54, 1.807) is 0 Å². The van der Waals surface area contributed by atoms with Gasteiger partial charge in [-0.15, -0.1) is 0 Å². The Labute approximate surface area is 340 Å². The van der Waals surface area contributed by atoms with Crippen molar-refractivity contribution in [2.45, 2.75) is 35.3 Å². The topological polar surface area (TPSA) is 174 Å². The number of phosphoric acid groups is 1. The molecule has 0 saturated carbocycles. The van der Waals surface area contributed by atoms with Crippen molar-refractivity contribution < 1.29 is 26.5 Å². The van der Waals surface area contributed by atoms with Gasteiger partial charge in [0.15, 0.2) is 0 Å². The summed E-state index contributed by atoms with van der Waals surface area (Å²) in [5.74, 6) is 0. The maximum atomic E-state index is 13.2. The molecule has 1 atom stereocenters. The maximum Gasteiger partial charge on any atom is 0.475 e. The summed E-state index contributed by atoms with van der Waals surface area (Å²) >= 11 is 2.48. The highest BCUT2D eigenvalue weighted by atomic mass is 32.2. The van der Waals surface area contributed by atoms with Gasteiger partial charge in [-0.25, -0.2) is 4.57 Å². The van der Waals surface area contributed by atoms with E-state index in [2.05, 4.69) is 0 Å². The summed E-state index contributed by atoms with van der Waals surface area (Å²) in [6.45, 7) is 0.812. The first-order valence-corrected chi connectivity index (χ1v) is 20.7. The van der Waals surface area contributed by atoms with Gasteiger partial charge in [0.1, 0.15) is 0 Å². The third kappa shape index (κ3) is 18.5. The highest BCUT2D eigenvalue weighted by molar-refractivity contribution is 7.94. The van der Waals surface area contributed by atoms with E-state index in [0.29, 0.717) is 37.4 Å². The van der Waals surface area contributed by atoms with Gasteiger partial charge in [0.2, 0.25) is 0 Å². The molecule has 15 heteroatoms. The van der Waals surface area contributed by atoms with Gasteiger partial charge < -0.3 is 41.1 Å². The zero-order valence-electron chi connectivity index (χ0n) is 32.7. The lowest BCUT2D eigenvalue weighted by Crippen LogP contribution is -2.17. The van der Waals surface area contributed by atoms with Crippen LogP contribution in [0.1, 0.15) is 18.4 Å². The molecule has 0 fully saturated rings. The largest absolute Gasteiger partial charge is 0.475 e. The number of hydrogen-bond acceptors (Lipinski definition) is 14. The van der Waals surface area contributed by atoms with Crippen LogP contribution in [0.3, 0.4) is 0 Å². The Kier molecular flexibility index (Phi) is 20.5. The summed E-state index contributed by atoms with van der Waals surface area (Å²) in [6.07, 6.45) is 0.436. The van der Waals surface area contributed by atoms with Crippen molar-refractivity contribution in [1.29, 1.82) is 0 Å². The molecule has 8 N–H and O–H groups in total. The molecule has 0 radical (unpaired) electrons. The molecule has 56 heavy (non-hydrogen) atoms. The predicted molar refractivity (Wildman–Crippen MR) is 236 cm³/mol. The maximum absolute atomic E-state index is 13.2. The number of rotatable bonds is 18. The highest BCUT2D eigenvalue weighted by Crippen LogP contribution is 2.51. The number of phosphoric ester groups is 1. The lowest BCUT2D eigenvalue weighted by Gasteiger charge is -2.23. The molecule has 0 saturated heterocycles. The van der Waals surface area contributed by atoms with Gasteiger partial charge >= 0.3 is 7.82 Å². The van der Waals surface area contributed by atoms with Crippen LogP contribution in [-0.4, -0.2) is 54.6 Å². The first kappa shape index (κ1) is 46.0. The summed E-state index contributed by atoms with van der Waals surface area (Å²) in [5.41, 5.74) is 28.7. The van der Waals surface area contributed by atoms with Crippen LogP contribution in [0.15, 0.2) is 137 Å². The van der Waals surface area contributed by atoms with Crippen molar-refractivity contribution in [3.05, 3.63) is 133 Å². The summed E-state index contributed by atoms with van der Waals surface area (Å²) in [7, 11) is 5.53. The molecule has 0 amide bonds. The molecule has 0 aromatic heterocycles. The first-order valence-electron chi connectivity index (χ1n) is 17.7. The van der Waals surface area contributed by atoms with Gasteiger partial charge in [-0.1, -0.05) is 30.3 Å². The number of benzene rings is 5. The van der Waals surface area contributed by atoms with E-state index in [9.17, 15) is 4.57 Å². The van der Waals surface area contributed by atoms with Crippen molar-refractivity contribution in [3.8, 4) is 0 Å². The van der Waals surface area contributed by atoms with Gasteiger partial charge in [0, 0.05) is 103 Å². The molecule has 5 aromatic rings. The van der Waals surface area contributed by atoms with Gasteiger partial charge in [-0.2, -0.15) is 0 Å². The molecule has 5 rings (SSSR count). The summed E-state index contributed by atoms with van der Waals surface area (Å²) in [6, 6.07) is 39.8. The van der Waals surface area contributed by atoms with Crippen LogP contribution in [-0.2, 0) is 33.1 Å². The van der Waals surface area contributed by atoms with E-state index in [1.165, 1.54) is 42.6 Å². The third-order valence-corrected chi connectivity index (χ3v) is 10.6. The molecule has 0 aliphatic heterocycles. The summed E-state index contributed by atoms with van der Waals surface area (Å²) < 4.78 is 41.2. The van der Waals surface area contributed by atoms with Crippen LogP contribution in [0.5, 0.6) is 0 Å². The molecule has 302 valence electrons. The van der Waals surface area contributed by atoms with Gasteiger partial charge in [-0.05, 0) is 115 Å². The van der Waals surface area contributed by atoms with E-state index < -0.39 is 13.9 Å². The average Bonchev–Trinajstić information content (AvgIpc) is 3.20. The van der Waals surface area contributed by atoms with Crippen molar-refractivity contribution in [2.75, 3.05) is 81.2 Å². The van der Waals surface area contributed by atoms with Crippen molar-refractivity contribution in [3.63, 3.8) is 0 Å². The van der Waals surface area contributed by atoms with E-state index >= 15 is 0 Å².